The Morgan fingerprint density at radius 2 is 1.84 bits per heavy atom. The van der Waals surface area contributed by atoms with E-state index in [2.05, 4.69) is 24.0 Å². The average molecular weight is 262 g/mol. The van der Waals surface area contributed by atoms with E-state index in [1.165, 1.54) is 50.8 Å². The van der Waals surface area contributed by atoms with Crippen molar-refractivity contribution in [3.8, 4) is 0 Å². The monoisotopic (exact) mass is 262 g/mol. The van der Waals surface area contributed by atoms with E-state index in [0.29, 0.717) is 5.92 Å². The largest absolute Gasteiger partial charge is 0.317 e. The first-order chi connectivity index (χ1) is 9.19. The Labute approximate surface area is 116 Å². The topological polar surface area (TPSA) is 42.7 Å². The predicted octanol–water partition coefficient (Wildman–Crippen LogP) is 2.50. The highest BCUT2D eigenvalue weighted by Crippen LogP contribution is 2.35. The number of nitrogens with one attached hydrogen (secondary N) is 1. The summed E-state index contributed by atoms with van der Waals surface area (Å²) < 4.78 is 2.05. The number of hydrogen-bond donors (Lipinski definition) is 1. The number of rotatable bonds is 2. The van der Waals surface area contributed by atoms with Crippen molar-refractivity contribution in [3.63, 3.8) is 0 Å². The van der Waals surface area contributed by atoms with Gasteiger partial charge in [-0.1, -0.05) is 26.2 Å². The number of piperidine rings is 1. The summed E-state index contributed by atoms with van der Waals surface area (Å²) in [4.78, 5) is 4.95. The van der Waals surface area contributed by atoms with Gasteiger partial charge >= 0.3 is 0 Å². The molecule has 3 rings (SSSR count). The molecule has 2 fully saturated rings. The maximum absolute atomic E-state index is 4.95. The first-order valence-electron chi connectivity index (χ1n) is 7.81. The van der Waals surface area contributed by atoms with E-state index in [4.69, 9.17) is 10.1 Å². The average Bonchev–Trinajstić information content (AvgIpc) is 2.84. The normalized spacial score (nSPS) is 24.5. The summed E-state index contributed by atoms with van der Waals surface area (Å²) in [6, 6.07) is 0. The van der Waals surface area contributed by atoms with Gasteiger partial charge in [-0.3, -0.25) is 4.68 Å². The molecule has 1 aromatic heterocycles. The predicted molar refractivity (Wildman–Crippen MR) is 76.3 cm³/mol. The molecule has 1 saturated carbocycles. The summed E-state index contributed by atoms with van der Waals surface area (Å²) in [6.07, 6.45) is 8.98. The zero-order valence-corrected chi connectivity index (χ0v) is 12.3. The number of aryl methyl sites for hydroxylation is 1. The van der Waals surface area contributed by atoms with E-state index in [1.54, 1.807) is 0 Å². The molecule has 2 aliphatic rings. The van der Waals surface area contributed by atoms with Crippen LogP contribution in [0, 0.1) is 0 Å². The Bertz CT molecular complexity index is 425. The van der Waals surface area contributed by atoms with Crippen LogP contribution in [0.25, 0.3) is 0 Å². The first-order valence-corrected chi connectivity index (χ1v) is 7.81. The molecule has 0 radical (unpaired) electrons. The summed E-state index contributed by atoms with van der Waals surface area (Å²) in [5.74, 6) is 2.92. The lowest BCUT2D eigenvalue weighted by atomic mass is 9.80. The van der Waals surface area contributed by atoms with Crippen molar-refractivity contribution in [1.82, 2.24) is 20.1 Å². The van der Waals surface area contributed by atoms with Gasteiger partial charge in [0.15, 0.2) is 5.82 Å². The van der Waals surface area contributed by atoms with Crippen molar-refractivity contribution in [3.05, 3.63) is 11.6 Å². The zero-order valence-electron chi connectivity index (χ0n) is 12.3. The van der Waals surface area contributed by atoms with E-state index >= 15 is 0 Å². The highest BCUT2D eigenvalue weighted by molar-refractivity contribution is 5.12. The maximum atomic E-state index is 4.95. The van der Waals surface area contributed by atoms with Gasteiger partial charge in [0.1, 0.15) is 5.82 Å². The Morgan fingerprint density at radius 1 is 1.16 bits per heavy atom. The summed E-state index contributed by atoms with van der Waals surface area (Å²) in [5, 5.41) is 8.18. The SMILES string of the molecule is Cn1nc(C2CCCCC2)nc1C1(C)CCNCC1. The van der Waals surface area contributed by atoms with Crippen molar-refractivity contribution in [1.29, 1.82) is 0 Å². The summed E-state index contributed by atoms with van der Waals surface area (Å²) in [7, 11) is 2.07. The second-order valence-corrected chi connectivity index (χ2v) is 6.56. The molecule has 1 aromatic rings. The van der Waals surface area contributed by atoms with Crippen molar-refractivity contribution < 1.29 is 0 Å². The van der Waals surface area contributed by atoms with Crippen LogP contribution in [0.2, 0.25) is 0 Å². The van der Waals surface area contributed by atoms with Crippen molar-refractivity contribution in [2.45, 2.75) is 63.2 Å². The third kappa shape index (κ3) is 2.55. The molecule has 106 valence electrons. The van der Waals surface area contributed by atoms with Gasteiger partial charge < -0.3 is 5.32 Å². The fraction of sp³-hybridized carbons (Fsp3) is 0.867. The van der Waals surface area contributed by atoms with Gasteiger partial charge in [-0.2, -0.15) is 5.10 Å². The number of nitrogens with zero attached hydrogens (tertiary/aromatic N) is 3. The molecule has 0 atom stereocenters. The second-order valence-electron chi connectivity index (χ2n) is 6.56. The van der Waals surface area contributed by atoms with E-state index < -0.39 is 0 Å². The number of hydrogen-bond acceptors (Lipinski definition) is 3. The molecule has 1 N–H and O–H groups in total. The third-order valence-electron chi connectivity index (χ3n) is 5.00. The molecule has 0 amide bonds. The molecule has 4 heteroatoms. The smallest absolute Gasteiger partial charge is 0.154 e. The van der Waals surface area contributed by atoms with Gasteiger partial charge in [0.25, 0.3) is 0 Å². The van der Waals surface area contributed by atoms with Crippen LogP contribution in [0.15, 0.2) is 0 Å². The zero-order chi connectivity index (χ0) is 13.3. The lowest BCUT2D eigenvalue weighted by molar-refractivity contribution is 0.309. The van der Waals surface area contributed by atoms with Gasteiger partial charge in [-0.25, -0.2) is 4.98 Å². The molecule has 0 aromatic carbocycles. The molecule has 19 heavy (non-hydrogen) atoms. The minimum absolute atomic E-state index is 0.208. The number of aromatic nitrogens is 3. The molecule has 1 aliphatic carbocycles. The molecule has 0 unspecified atom stereocenters. The highest BCUT2D eigenvalue weighted by atomic mass is 15.3. The Balaban J connectivity index is 1.84. The van der Waals surface area contributed by atoms with E-state index in [-0.39, 0.29) is 5.41 Å². The van der Waals surface area contributed by atoms with Crippen LogP contribution in [0.1, 0.15) is 69.4 Å². The third-order valence-corrected chi connectivity index (χ3v) is 5.00. The van der Waals surface area contributed by atoms with E-state index in [0.717, 1.165) is 18.9 Å². The second kappa shape index (κ2) is 5.23. The first kappa shape index (κ1) is 13.1. The lowest BCUT2D eigenvalue weighted by Crippen LogP contribution is -2.39. The fourth-order valence-electron chi connectivity index (χ4n) is 3.67. The molecule has 1 saturated heterocycles. The Morgan fingerprint density at radius 3 is 2.53 bits per heavy atom. The standard InChI is InChI=1S/C15H26N4/c1-15(8-10-16-11-9-15)14-17-13(18-19(14)2)12-6-4-3-5-7-12/h12,16H,3-11H2,1-2H3. The van der Waals surface area contributed by atoms with Gasteiger partial charge in [0, 0.05) is 18.4 Å². The van der Waals surface area contributed by atoms with Crippen molar-refractivity contribution in [2.24, 2.45) is 7.05 Å². The van der Waals surface area contributed by atoms with Crippen LogP contribution in [0.3, 0.4) is 0 Å². The van der Waals surface area contributed by atoms with Crippen LogP contribution in [0.4, 0.5) is 0 Å². The van der Waals surface area contributed by atoms with Gasteiger partial charge in [-0.15, -0.1) is 0 Å². The Kier molecular flexibility index (Phi) is 3.61. The van der Waals surface area contributed by atoms with Gasteiger partial charge in [0.2, 0.25) is 0 Å². The maximum Gasteiger partial charge on any atom is 0.154 e. The molecule has 0 spiro atoms. The summed E-state index contributed by atoms with van der Waals surface area (Å²) >= 11 is 0. The molecule has 0 bridgehead atoms. The van der Waals surface area contributed by atoms with Crippen molar-refractivity contribution in [2.75, 3.05) is 13.1 Å². The van der Waals surface area contributed by atoms with Crippen LogP contribution >= 0.6 is 0 Å². The van der Waals surface area contributed by atoms with Gasteiger partial charge in [-0.05, 0) is 38.8 Å². The Hall–Kier alpha value is -0.900. The summed E-state index contributed by atoms with van der Waals surface area (Å²) in [6.45, 7) is 4.55. The van der Waals surface area contributed by atoms with Crippen molar-refractivity contribution >= 4 is 0 Å². The lowest BCUT2D eigenvalue weighted by Gasteiger charge is -2.32. The van der Waals surface area contributed by atoms with Crippen LogP contribution < -0.4 is 5.32 Å². The fourth-order valence-corrected chi connectivity index (χ4v) is 3.67. The van der Waals surface area contributed by atoms with Gasteiger partial charge in [0.05, 0.1) is 0 Å². The molecule has 2 heterocycles. The molecular weight excluding hydrogens is 236 g/mol. The minimum atomic E-state index is 0.208. The van der Waals surface area contributed by atoms with Crippen LogP contribution in [-0.2, 0) is 12.5 Å². The van der Waals surface area contributed by atoms with Crippen LogP contribution in [0.5, 0.6) is 0 Å². The quantitative estimate of drug-likeness (QED) is 0.890. The van der Waals surface area contributed by atoms with E-state index in [1.807, 2.05) is 0 Å². The highest BCUT2D eigenvalue weighted by Gasteiger charge is 2.34. The summed E-state index contributed by atoms with van der Waals surface area (Å²) in [5.41, 5.74) is 0.208. The van der Waals surface area contributed by atoms with Crippen LogP contribution in [-0.4, -0.2) is 27.9 Å². The minimum Gasteiger partial charge on any atom is -0.317 e. The molecular formula is C15H26N4. The molecule has 1 aliphatic heterocycles. The van der Waals surface area contributed by atoms with E-state index in [9.17, 15) is 0 Å². The molecule has 4 nitrogen and oxygen atoms in total.